The Kier molecular flexibility index (Phi) is 4.95. The lowest BCUT2D eigenvalue weighted by atomic mass is 10.1. The van der Waals surface area contributed by atoms with Gasteiger partial charge in [-0.2, -0.15) is 0 Å². The van der Waals surface area contributed by atoms with Gasteiger partial charge >= 0.3 is 5.97 Å². The zero-order chi connectivity index (χ0) is 14.5. The number of rotatable bonds is 5. The van der Waals surface area contributed by atoms with Gasteiger partial charge in [0, 0.05) is 13.0 Å². The summed E-state index contributed by atoms with van der Waals surface area (Å²) in [7, 11) is 0. The summed E-state index contributed by atoms with van der Waals surface area (Å²) in [5.74, 6) is -0.739. The van der Waals surface area contributed by atoms with E-state index in [-0.39, 0.29) is 17.5 Å². The van der Waals surface area contributed by atoms with Crippen molar-refractivity contribution in [1.82, 2.24) is 4.90 Å². The van der Waals surface area contributed by atoms with Crippen molar-refractivity contribution in [2.24, 2.45) is 0 Å². The van der Waals surface area contributed by atoms with Crippen LogP contribution in [0, 0.1) is 0 Å². The Morgan fingerprint density at radius 2 is 2.10 bits per heavy atom. The van der Waals surface area contributed by atoms with Gasteiger partial charge < -0.3 is 10.0 Å². The molecule has 1 aliphatic rings. The monoisotopic (exact) mass is 337 g/mol. The number of nitrogens with zero attached hydrogens (tertiary/aromatic N) is 1. The van der Waals surface area contributed by atoms with Gasteiger partial charge in [-0.25, -0.2) is 4.79 Å². The molecule has 0 spiro atoms. The third-order valence-electron chi connectivity index (χ3n) is 3.51. The van der Waals surface area contributed by atoms with Crippen LogP contribution in [0.1, 0.15) is 28.8 Å². The van der Waals surface area contributed by atoms with E-state index in [1.54, 1.807) is 29.3 Å². The van der Waals surface area contributed by atoms with Gasteiger partial charge in [0.2, 0.25) is 5.91 Å². The van der Waals surface area contributed by atoms with Crippen molar-refractivity contribution in [2.45, 2.75) is 25.3 Å². The van der Waals surface area contributed by atoms with Crippen LogP contribution < -0.4 is 0 Å². The number of carboxylic acid groups (broad SMARTS) is 1. The first-order valence-electron chi connectivity index (χ1n) is 6.50. The summed E-state index contributed by atoms with van der Waals surface area (Å²) in [6, 6.07) is 6.97. The van der Waals surface area contributed by atoms with Crippen LogP contribution >= 0.6 is 15.9 Å². The van der Waals surface area contributed by atoms with E-state index in [2.05, 4.69) is 15.9 Å². The fourth-order valence-electron chi connectivity index (χ4n) is 2.39. The number of benzene rings is 1. The molecule has 1 saturated heterocycles. The molecule has 1 N–H and O–H groups in total. The Morgan fingerprint density at radius 1 is 1.40 bits per heavy atom. The molecule has 0 radical (unpaired) electrons. The Balaban J connectivity index is 1.97. The van der Waals surface area contributed by atoms with Gasteiger partial charge in [0.05, 0.1) is 11.6 Å². The Hall–Kier alpha value is -1.62. The van der Waals surface area contributed by atoms with E-state index in [1.165, 1.54) is 0 Å². The third kappa shape index (κ3) is 3.48. The van der Waals surface area contributed by atoms with Crippen LogP contribution in [0.2, 0.25) is 0 Å². The standard InChI is InChI=1S/C15H16BrNO3/c16-9-7-13-5-6-14(18)17(13)10-8-11-1-3-12(4-2-11)15(19)20/h1-4,7,9,13H,5-6,8,10H2,(H,19,20)/t13-/m1/s1. The summed E-state index contributed by atoms with van der Waals surface area (Å²) in [5.41, 5.74) is 1.32. The van der Waals surface area contributed by atoms with Crippen molar-refractivity contribution in [2.75, 3.05) is 6.54 Å². The minimum Gasteiger partial charge on any atom is -0.478 e. The number of carbonyl (C=O) groups is 2. The van der Waals surface area contributed by atoms with E-state index in [0.29, 0.717) is 13.0 Å². The molecule has 0 unspecified atom stereocenters. The smallest absolute Gasteiger partial charge is 0.335 e. The average molecular weight is 338 g/mol. The van der Waals surface area contributed by atoms with E-state index in [4.69, 9.17) is 5.11 Å². The first-order valence-corrected chi connectivity index (χ1v) is 7.42. The predicted octanol–water partition coefficient (Wildman–Crippen LogP) is 2.83. The second-order valence-electron chi connectivity index (χ2n) is 4.76. The molecule has 5 heteroatoms. The highest BCUT2D eigenvalue weighted by atomic mass is 79.9. The van der Waals surface area contributed by atoms with E-state index in [9.17, 15) is 9.59 Å². The molecule has 106 valence electrons. The molecule has 1 fully saturated rings. The van der Waals surface area contributed by atoms with Crippen molar-refractivity contribution in [3.63, 3.8) is 0 Å². The highest BCUT2D eigenvalue weighted by Crippen LogP contribution is 2.20. The van der Waals surface area contributed by atoms with Gasteiger partial charge in [0.25, 0.3) is 0 Å². The molecule has 1 aliphatic heterocycles. The molecule has 1 aromatic rings. The number of aromatic carboxylic acids is 1. The van der Waals surface area contributed by atoms with Crippen LogP contribution in [0.15, 0.2) is 35.3 Å². The average Bonchev–Trinajstić information content (AvgIpc) is 2.78. The van der Waals surface area contributed by atoms with E-state index in [1.807, 2.05) is 11.0 Å². The molecular formula is C15H16BrNO3. The van der Waals surface area contributed by atoms with Crippen LogP contribution in [-0.4, -0.2) is 34.5 Å². The zero-order valence-electron chi connectivity index (χ0n) is 11.0. The highest BCUT2D eigenvalue weighted by Gasteiger charge is 2.28. The number of amides is 1. The molecular weight excluding hydrogens is 322 g/mol. The summed E-state index contributed by atoms with van der Waals surface area (Å²) < 4.78 is 0. The minimum atomic E-state index is -0.922. The molecule has 1 amide bonds. The normalized spacial score (nSPS) is 18.9. The molecule has 0 saturated carbocycles. The second-order valence-corrected chi connectivity index (χ2v) is 5.29. The highest BCUT2D eigenvalue weighted by molar-refractivity contribution is 9.11. The van der Waals surface area contributed by atoms with Gasteiger partial charge in [0.1, 0.15) is 0 Å². The van der Waals surface area contributed by atoms with Crippen LogP contribution in [0.4, 0.5) is 0 Å². The van der Waals surface area contributed by atoms with Gasteiger partial charge in [-0.15, -0.1) is 0 Å². The fraction of sp³-hybridized carbons (Fsp3) is 0.333. The quantitative estimate of drug-likeness (QED) is 0.898. The lowest BCUT2D eigenvalue weighted by Crippen LogP contribution is -2.33. The van der Waals surface area contributed by atoms with E-state index < -0.39 is 5.97 Å². The molecule has 0 aromatic heterocycles. The summed E-state index contributed by atoms with van der Waals surface area (Å²) >= 11 is 3.25. The lowest BCUT2D eigenvalue weighted by molar-refractivity contribution is -0.128. The summed E-state index contributed by atoms with van der Waals surface area (Å²) in [6.07, 6.45) is 4.18. The largest absolute Gasteiger partial charge is 0.478 e. The molecule has 4 nitrogen and oxygen atoms in total. The third-order valence-corrected chi connectivity index (χ3v) is 3.82. The topological polar surface area (TPSA) is 57.6 Å². The zero-order valence-corrected chi connectivity index (χ0v) is 12.5. The molecule has 0 bridgehead atoms. The summed E-state index contributed by atoms with van der Waals surface area (Å²) in [5, 5.41) is 8.84. The van der Waals surface area contributed by atoms with Crippen LogP contribution in [0.3, 0.4) is 0 Å². The SMILES string of the molecule is O=C(O)c1ccc(CCN2C(=O)CC[C@@H]2C=CBr)cc1. The van der Waals surface area contributed by atoms with Crippen molar-refractivity contribution >= 4 is 27.8 Å². The molecule has 2 rings (SSSR count). The van der Waals surface area contributed by atoms with Crippen molar-refractivity contribution in [1.29, 1.82) is 0 Å². The van der Waals surface area contributed by atoms with Gasteiger partial charge in [0.15, 0.2) is 0 Å². The first-order chi connectivity index (χ1) is 9.61. The molecule has 20 heavy (non-hydrogen) atoms. The van der Waals surface area contributed by atoms with Crippen LogP contribution in [0.5, 0.6) is 0 Å². The van der Waals surface area contributed by atoms with Gasteiger partial charge in [-0.3, -0.25) is 4.79 Å². The number of hydrogen-bond acceptors (Lipinski definition) is 2. The second kappa shape index (κ2) is 6.70. The van der Waals surface area contributed by atoms with Crippen LogP contribution in [-0.2, 0) is 11.2 Å². The Morgan fingerprint density at radius 3 is 2.70 bits per heavy atom. The first kappa shape index (κ1) is 14.8. The van der Waals surface area contributed by atoms with Gasteiger partial charge in [-0.1, -0.05) is 34.1 Å². The van der Waals surface area contributed by atoms with Crippen molar-refractivity contribution < 1.29 is 14.7 Å². The van der Waals surface area contributed by atoms with Crippen LogP contribution in [0.25, 0.3) is 0 Å². The fourth-order valence-corrected chi connectivity index (χ4v) is 2.75. The van der Waals surface area contributed by atoms with Crippen molar-refractivity contribution in [3.8, 4) is 0 Å². The minimum absolute atomic E-state index is 0.167. The maximum atomic E-state index is 11.8. The molecule has 1 aromatic carbocycles. The molecule has 0 aliphatic carbocycles. The molecule has 1 heterocycles. The predicted molar refractivity (Wildman–Crippen MR) is 79.9 cm³/mol. The molecule has 1 atom stereocenters. The number of hydrogen-bond donors (Lipinski definition) is 1. The maximum Gasteiger partial charge on any atom is 0.335 e. The Bertz CT molecular complexity index is 524. The maximum absolute atomic E-state index is 11.8. The number of likely N-dealkylation sites (tertiary alicyclic amines) is 1. The number of carbonyl (C=O) groups excluding carboxylic acids is 1. The van der Waals surface area contributed by atoms with Gasteiger partial charge in [-0.05, 0) is 35.5 Å². The number of carboxylic acids is 1. The van der Waals surface area contributed by atoms with Crippen molar-refractivity contribution in [3.05, 3.63) is 46.5 Å². The lowest BCUT2D eigenvalue weighted by Gasteiger charge is -2.22. The summed E-state index contributed by atoms with van der Waals surface area (Å²) in [6.45, 7) is 0.660. The van der Waals surface area contributed by atoms with E-state index in [0.717, 1.165) is 18.4 Å². The Labute approximate surface area is 126 Å². The van der Waals surface area contributed by atoms with E-state index >= 15 is 0 Å². The summed E-state index contributed by atoms with van der Waals surface area (Å²) in [4.78, 5) is 26.3. The number of halogens is 1.